The van der Waals surface area contributed by atoms with Gasteiger partial charge in [-0.15, -0.1) is 0 Å². The number of hydrogen-bond donors (Lipinski definition) is 0. The van der Waals surface area contributed by atoms with Crippen LogP contribution in [0.4, 0.5) is 0 Å². The minimum Gasteiger partial charge on any atom is -0.298 e. The van der Waals surface area contributed by atoms with Crippen LogP contribution in [0, 0.1) is 0 Å². The molecule has 1 saturated heterocycles. The van der Waals surface area contributed by atoms with Gasteiger partial charge in [0.1, 0.15) is 0 Å². The molecule has 0 spiro atoms. The van der Waals surface area contributed by atoms with Crippen LogP contribution < -0.4 is 0 Å². The SMILES string of the molecule is CC(C)N1CCN(C2CCC2)C(C)C1. The molecular formula is C12H24N2. The van der Waals surface area contributed by atoms with Crippen LogP contribution in [0.3, 0.4) is 0 Å². The predicted molar refractivity (Wildman–Crippen MR) is 60.5 cm³/mol. The molecule has 14 heavy (non-hydrogen) atoms. The Kier molecular flexibility index (Phi) is 3.13. The molecule has 0 amide bonds. The largest absolute Gasteiger partial charge is 0.298 e. The topological polar surface area (TPSA) is 6.48 Å². The predicted octanol–water partition coefficient (Wildman–Crippen LogP) is 1.95. The monoisotopic (exact) mass is 196 g/mol. The van der Waals surface area contributed by atoms with Gasteiger partial charge in [-0.25, -0.2) is 0 Å². The molecule has 0 bridgehead atoms. The lowest BCUT2D eigenvalue weighted by atomic mass is 9.89. The Morgan fingerprint density at radius 3 is 2.29 bits per heavy atom. The van der Waals surface area contributed by atoms with Crippen LogP contribution in [-0.4, -0.2) is 47.6 Å². The second-order valence-electron chi connectivity index (χ2n) is 5.26. The van der Waals surface area contributed by atoms with E-state index in [1.54, 1.807) is 0 Å². The summed E-state index contributed by atoms with van der Waals surface area (Å²) < 4.78 is 0. The summed E-state index contributed by atoms with van der Waals surface area (Å²) in [4.78, 5) is 5.35. The highest BCUT2D eigenvalue weighted by Gasteiger charge is 2.32. The van der Waals surface area contributed by atoms with Gasteiger partial charge in [0.2, 0.25) is 0 Å². The summed E-state index contributed by atoms with van der Waals surface area (Å²) in [5, 5.41) is 0. The molecule has 2 rings (SSSR count). The van der Waals surface area contributed by atoms with Crippen LogP contribution >= 0.6 is 0 Å². The number of rotatable bonds is 2. The second kappa shape index (κ2) is 4.19. The zero-order chi connectivity index (χ0) is 10.1. The average molecular weight is 196 g/mol. The van der Waals surface area contributed by atoms with Crippen molar-refractivity contribution in [2.24, 2.45) is 0 Å². The first kappa shape index (κ1) is 10.4. The minimum absolute atomic E-state index is 0.723. The summed E-state index contributed by atoms with van der Waals surface area (Å²) in [6.07, 6.45) is 4.36. The molecule has 0 aromatic carbocycles. The standard InChI is InChI=1S/C12H24N2/c1-10(2)13-7-8-14(11(3)9-13)12-5-4-6-12/h10-12H,4-9H2,1-3H3. The molecule has 1 unspecified atom stereocenters. The third-order valence-corrected chi connectivity index (χ3v) is 3.98. The molecule has 2 aliphatic rings. The van der Waals surface area contributed by atoms with Gasteiger partial charge < -0.3 is 0 Å². The van der Waals surface area contributed by atoms with Crippen LogP contribution in [0.1, 0.15) is 40.0 Å². The first-order valence-corrected chi connectivity index (χ1v) is 6.18. The van der Waals surface area contributed by atoms with E-state index in [0.717, 1.165) is 18.1 Å². The van der Waals surface area contributed by atoms with E-state index in [9.17, 15) is 0 Å². The fourth-order valence-electron chi connectivity index (χ4n) is 2.73. The minimum atomic E-state index is 0.723. The third-order valence-electron chi connectivity index (χ3n) is 3.98. The van der Waals surface area contributed by atoms with E-state index in [2.05, 4.69) is 30.6 Å². The first-order chi connectivity index (χ1) is 6.68. The van der Waals surface area contributed by atoms with Gasteiger partial charge in [-0.2, -0.15) is 0 Å². The van der Waals surface area contributed by atoms with E-state index >= 15 is 0 Å². The molecule has 2 fully saturated rings. The number of hydrogen-bond acceptors (Lipinski definition) is 2. The molecule has 1 heterocycles. The maximum absolute atomic E-state index is 2.74. The molecule has 0 radical (unpaired) electrons. The van der Waals surface area contributed by atoms with Crippen molar-refractivity contribution < 1.29 is 0 Å². The maximum Gasteiger partial charge on any atom is 0.0198 e. The normalized spacial score (nSPS) is 32.1. The summed E-state index contributed by atoms with van der Waals surface area (Å²) >= 11 is 0. The van der Waals surface area contributed by atoms with E-state index < -0.39 is 0 Å². The summed E-state index contributed by atoms with van der Waals surface area (Å²) in [6.45, 7) is 10.9. The first-order valence-electron chi connectivity index (χ1n) is 6.18. The van der Waals surface area contributed by atoms with Crippen molar-refractivity contribution in [1.29, 1.82) is 0 Å². The Labute approximate surface area is 88.3 Å². The lowest BCUT2D eigenvalue weighted by Gasteiger charge is -2.48. The molecule has 2 nitrogen and oxygen atoms in total. The van der Waals surface area contributed by atoms with Crippen LogP contribution in [0.25, 0.3) is 0 Å². The highest BCUT2D eigenvalue weighted by molar-refractivity contribution is 4.88. The van der Waals surface area contributed by atoms with Gasteiger partial charge in [-0.3, -0.25) is 9.80 Å². The highest BCUT2D eigenvalue weighted by atomic mass is 15.3. The van der Waals surface area contributed by atoms with Crippen molar-refractivity contribution >= 4 is 0 Å². The Balaban J connectivity index is 1.86. The average Bonchev–Trinajstić information content (AvgIpc) is 2.04. The van der Waals surface area contributed by atoms with E-state index in [1.807, 2.05) is 0 Å². The maximum atomic E-state index is 2.74. The van der Waals surface area contributed by atoms with E-state index in [1.165, 1.54) is 38.9 Å². The summed E-state index contributed by atoms with van der Waals surface area (Å²) in [5.41, 5.74) is 0. The van der Waals surface area contributed by atoms with Gasteiger partial charge in [0.25, 0.3) is 0 Å². The Bertz CT molecular complexity index is 187. The Morgan fingerprint density at radius 2 is 1.86 bits per heavy atom. The molecular weight excluding hydrogens is 172 g/mol. The van der Waals surface area contributed by atoms with Crippen molar-refractivity contribution in [2.45, 2.75) is 58.2 Å². The van der Waals surface area contributed by atoms with Gasteiger partial charge >= 0.3 is 0 Å². The van der Waals surface area contributed by atoms with Crippen LogP contribution in [0.15, 0.2) is 0 Å². The van der Waals surface area contributed by atoms with Crippen molar-refractivity contribution in [3.63, 3.8) is 0 Å². The third kappa shape index (κ3) is 1.96. The molecule has 82 valence electrons. The molecule has 1 aliphatic carbocycles. The van der Waals surface area contributed by atoms with Gasteiger partial charge in [0, 0.05) is 37.8 Å². The zero-order valence-corrected chi connectivity index (χ0v) is 9.87. The van der Waals surface area contributed by atoms with Crippen molar-refractivity contribution in [1.82, 2.24) is 9.80 Å². The van der Waals surface area contributed by atoms with E-state index in [4.69, 9.17) is 0 Å². The van der Waals surface area contributed by atoms with Gasteiger partial charge in [0.15, 0.2) is 0 Å². The van der Waals surface area contributed by atoms with Crippen molar-refractivity contribution in [2.75, 3.05) is 19.6 Å². The van der Waals surface area contributed by atoms with E-state index in [-0.39, 0.29) is 0 Å². The second-order valence-corrected chi connectivity index (χ2v) is 5.26. The number of piperazine rings is 1. The molecule has 2 heteroatoms. The van der Waals surface area contributed by atoms with Crippen LogP contribution in [0.2, 0.25) is 0 Å². The fraction of sp³-hybridized carbons (Fsp3) is 1.00. The highest BCUT2D eigenvalue weighted by Crippen LogP contribution is 2.28. The number of nitrogens with zero attached hydrogens (tertiary/aromatic N) is 2. The molecule has 0 aromatic rings. The lowest BCUT2D eigenvalue weighted by molar-refractivity contribution is 0.00957. The molecule has 0 aromatic heterocycles. The summed E-state index contributed by atoms with van der Waals surface area (Å²) in [5.74, 6) is 0. The van der Waals surface area contributed by atoms with Crippen LogP contribution in [0.5, 0.6) is 0 Å². The Hall–Kier alpha value is -0.0800. The molecule has 1 atom stereocenters. The van der Waals surface area contributed by atoms with Crippen LogP contribution in [-0.2, 0) is 0 Å². The van der Waals surface area contributed by atoms with Gasteiger partial charge in [0.05, 0.1) is 0 Å². The molecule has 1 saturated carbocycles. The van der Waals surface area contributed by atoms with Crippen molar-refractivity contribution in [3.8, 4) is 0 Å². The lowest BCUT2D eigenvalue weighted by Crippen LogP contribution is -2.58. The summed E-state index contributed by atoms with van der Waals surface area (Å²) in [7, 11) is 0. The zero-order valence-electron chi connectivity index (χ0n) is 9.87. The van der Waals surface area contributed by atoms with Gasteiger partial charge in [-0.05, 0) is 33.6 Å². The molecule has 0 N–H and O–H groups in total. The molecule has 1 aliphatic heterocycles. The van der Waals surface area contributed by atoms with Gasteiger partial charge in [-0.1, -0.05) is 6.42 Å². The van der Waals surface area contributed by atoms with Crippen molar-refractivity contribution in [3.05, 3.63) is 0 Å². The van der Waals surface area contributed by atoms with E-state index in [0.29, 0.717) is 0 Å². The summed E-state index contributed by atoms with van der Waals surface area (Å²) in [6, 6.07) is 2.43. The quantitative estimate of drug-likeness (QED) is 0.666. The Morgan fingerprint density at radius 1 is 1.14 bits per heavy atom. The smallest absolute Gasteiger partial charge is 0.0198 e. The fourth-order valence-corrected chi connectivity index (χ4v) is 2.73.